The van der Waals surface area contributed by atoms with Gasteiger partial charge in [-0.25, -0.2) is 4.98 Å². The van der Waals surface area contributed by atoms with E-state index in [9.17, 15) is 0 Å². The van der Waals surface area contributed by atoms with Crippen LogP contribution in [0.1, 0.15) is 38.1 Å². The van der Waals surface area contributed by atoms with Crippen LogP contribution in [0.3, 0.4) is 0 Å². The van der Waals surface area contributed by atoms with Crippen molar-refractivity contribution in [3.8, 4) is 17.1 Å². The lowest BCUT2D eigenvalue weighted by Crippen LogP contribution is -2.24. The number of aliphatic imine (C=N–C) groups is 1. The zero-order valence-electron chi connectivity index (χ0n) is 32.8. The molecular weight excluding hydrogens is 685 g/mol. The number of fused-ring (bicyclic) bond motifs is 2. The van der Waals surface area contributed by atoms with Gasteiger partial charge in [-0.1, -0.05) is 124 Å². The van der Waals surface area contributed by atoms with E-state index in [-0.39, 0.29) is 6.17 Å². The molecule has 1 unspecified atom stereocenters. The highest BCUT2D eigenvalue weighted by Crippen LogP contribution is 2.46. The summed E-state index contributed by atoms with van der Waals surface area (Å²) in [6.07, 6.45) is 7.91. The maximum atomic E-state index is 5.24. The first-order valence-corrected chi connectivity index (χ1v) is 19.1. The predicted molar refractivity (Wildman–Crippen MR) is 239 cm³/mol. The number of hydrogen-bond acceptors (Lipinski definition) is 5. The van der Waals surface area contributed by atoms with E-state index in [1.54, 1.807) is 0 Å². The summed E-state index contributed by atoms with van der Waals surface area (Å²) in [5.74, 6) is 0.915. The van der Waals surface area contributed by atoms with E-state index in [4.69, 9.17) is 4.98 Å². The molecule has 0 aliphatic carbocycles. The van der Waals surface area contributed by atoms with E-state index < -0.39 is 0 Å². The van der Waals surface area contributed by atoms with Crippen LogP contribution in [0.2, 0.25) is 0 Å². The second-order valence-electron chi connectivity index (χ2n) is 13.0. The lowest BCUT2D eigenvalue weighted by molar-refractivity contribution is 0.423. The third-order valence-electron chi connectivity index (χ3n) is 9.41. The Morgan fingerprint density at radius 3 is 2.07 bits per heavy atom. The second kappa shape index (κ2) is 18.9. The van der Waals surface area contributed by atoms with E-state index in [0.29, 0.717) is 0 Å². The number of allylic oxidation sites excluding steroid dienone is 4. The standard InChI is InChI=1S/C41H37N5.C7H7N.C2H6/c1-4-6-17-33(5-2)44(3)29-30-26-31(40-42-36-22-13-15-24-38(36)45(40)34-18-9-7-10-19-34)28-32(27-30)41-43-37-23-14-16-25-39(37)46(41)35-20-11-8-12-21-35;1-8-7-5-3-2-4-6-7;1-2/h4-28,40,42H,1,29H2,2-3H3;2-6H,1H2;1-2H3/b17-6-,33-5+;;. The minimum atomic E-state index is -0.111. The predicted octanol–water partition coefficient (Wildman–Crippen LogP) is 13.1. The Balaban J connectivity index is 0.000000469. The molecule has 1 aliphatic rings. The molecule has 0 radical (unpaired) electrons. The summed E-state index contributed by atoms with van der Waals surface area (Å²) in [4.78, 5) is 13.6. The van der Waals surface area contributed by atoms with Crippen molar-refractivity contribution in [1.29, 1.82) is 0 Å². The molecule has 1 atom stereocenters. The summed E-state index contributed by atoms with van der Waals surface area (Å²) >= 11 is 0. The Kier molecular flexibility index (Phi) is 13.1. The maximum Gasteiger partial charge on any atom is 0.145 e. The van der Waals surface area contributed by atoms with Crippen LogP contribution in [0, 0.1) is 0 Å². The number of rotatable bonds is 10. The molecule has 280 valence electrons. The molecule has 56 heavy (non-hydrogen) atoms. The van der Waals surface area contributed by atoms with Gasteiger partial charge in [0.1, 0.15) is 12.0 Å². The van der Waals surface area contributed by atoms with Crippen LogP contribution in [0.15, 0.2) is 199 Å². The number of anilines is 3. The first-order valence-electron chi connectivity index (χ1n) is 19.1. The minimum absolute atomic E-state index is 0.111. The van der Waals surface area contributed by atoms with Gasteiger partial charge in [0.2, 0.25) is 0 Å². The van der Waals surface area contributed by atoms with Crippen LogP contribution in [0.5, 0.6) is 0 Å². The van der Waals surface area contributed by atoms with Crippen molar-refractivity contribution in [3.63, 3.8) is 0 Å². The van der Waals surface area contributed by atoms with Crippen molar-refractivity contribution < 1.29 is 0 Å². The van der Waals surface area contributed by atoms with Crippen LogP contribution in [-0.4, -0.2) is 28.2 Å². The molecule has 6 heteroatoms. The number of aromatic nitrogens is 2. The van der Waals surface area contributed by atoms with Crippen molar-refractivity contribution in [3.05, 3.63) is 205 Å². The molecule has 1 aromatic heterocycles. The average molecular weight is 735 g/mol. The number of hydrogen-bond donors (Lipinski definition) is 1. The van der Waals surface area contributed by atoms with Crippen LogP contribution in [0.25, 0.3) is 28.1 Å². The Labute approximate surface area is 332 Å². The molecule has 0 spiro atoms. The fourth-order valence-electron chi connectivity index (χ4n) is 6.93. The molecule has 0 fully saturated rings. The summed E-state index contributed by atoms with van der Waals surface area (Å²) in [6.45, 7) is 14.0. The Morgan fingerprint density at radius 1 is 0.786 bits per heavy atom. The van der Waals surface area contributed by atoms with Crippen LogP contribution < -0.4 is 10.2 Å². The molecule has 7 aromatic rings. The molecule has 1 aliphatic heterocycles. The molecule has 0 bridgehead atoms. The van der Waals surface area contributed by atoms with Crippen molar-refractivity contribution in [2.45, 2.75) is 33.5 Å². The lowest BCUT2D eigenvalue weighted by atomic mass is 10.0. The van der Waals surface area contributed by atoms with Crippen LogP contribution in [0.4, 0.5) is 22.7 Å². The van der Waals surface area contributed by atoms with Crippen LogP contribution >= 0.6 is 0 Å². The zero-order valence-corrected chi connectivity index (χ0v) is 32.8. The minimum Gasteiger partial charge on any atom is -0.371 e. The number of para-hydroxylation sites is 7. The third-order valence-corrected chi connectivity index (χ3v) is 9.41. The Bertz CT molecular complexity index is 2410. The van der Waals surface area contributed by atoms with Gasteiger partial charge >= 0.3 is 0 Å². The summed E-state index contributed by atoms with van der Waals surface area (Å²) in [6, 6.07) is 54.6. The number of likely N-dealkylation sites (N-methyl/N-ethyl adjacent to an activating group) is 1. The summed E-state index contributed by atoms with van der Waals surface area (Å²) in [7, 11) is 2.13. The van der Waals surface area contributed by atoms with Gasteiger partial charge in [0.25, 0.3) is 0 Å². The highest BCUT2D eigenvalue weighted by molar-refractivity contribution is 5.85. The van der Waals surface area contributed by atoms with Gasteiger partial charge in [-0.05, 0) is 104 Å². The van der Waals surface area contributed by atoms with E-state index in [1.807, 2.05) is 56.3 Å². The maximum absolute atomic E-state index is 5.24. The number of imidazole rings is 1. The first kappa shape index (κ1) is 38.8. The number of nitrogens with zero attached hydrogens (tertiary/aromatic N) is 5. The zero-order chi connectivity index (χ0) is 39.3. The van der Waals surface area contributed by atoms with Gasteiger partial charge in [-0.2, -0.15) is 0 Å². The Morgan fingerprint density at radius 2 is 1.41 bits per heavy atom. The van der Waals surface area contributed by atoms with Crippen molar-refractivity contribution >= 4 is 40.5 Å². The SMILES string of the molecule is C=C/C=C\C(=C/C)N(C)Cc1cc(-c2nc3ccccc3n2-c2ccccc2)cc(C2Nc3ccccc3N2c2ccccc2)c1.C=Nc1ccccc1.CC. The number of benzene rings is 6. The molecule has 6 nitrogen and oxygen atoms in total. The quantitative estimate of drug-likeness (QED) is 0.112. The Hall–Kier alpha value is -6.92. The summed E-state index contributed by atoms with van der Waals surface area (Å²) in [5.41, 5.74) is 12.0. The van der Waals surface area contributed by atoms with Crippen molar-refractivity contribution in [2.24, 2.45) is 4.99 Å². The van der Waals surface area contributed by atoms with E-state index >= 15 is 0 Å². The van der Waals surface area contributed by atoms with Gasteiger partial charge < -0.3 is 15.1 Å². The number of nitrogens with one attached hydrogen (secondary N) is 1. The largest absolute Gasteiger partial charge is 0.371 e. The molecule has 8 rings (SSSR count). The van der Waals surface area contributed by atoms with Gasteiger partial charge in [0.15, 0.2) is 0 Å². The smallest absolute Gasteiger partial charge is 0.145 e. The van der Waals surface area contributed by atoms with Gasteiger partial charge in [-0.3, -0.25) is 9.56 Å². The summed E-state index contributed by atoms with van der Waals surface area (Å²) in [5, 5.41) is 3.84. The molecule has 0 saturated heterocycles. The highest BCUT2D eigenvalue weighted by atomic mass is 15.3. The van der Waals surface area contributed by atoms with E-state index in [0.717, 1.165) is 68.7 Å². The monoisotopic (exact) mass is 734 g/mol. The molecule has 0 amide bonds. The van der Waals surface area contributed by atoms with Crippen LogP contribution in [-0.2, 0) is 6.54 Å². The second-order valence-corrected chi connectivity index (χ2v) is 13.0. The normalized spacial score (nSPS) is 13.2. The molecule has 2 heterocycles. The topological polar surface area (TPSA) is 48.7 Å². The molecule has 6 aromatic carbocycles. The third kappa shape index (κ3) is 8.72. The van der Waals surface area contributed by atoms with Crippen molar-refractivity contribution in [1.82, 2.24) is 14.5 Å². The fourth-order valence-corrected chi connectivity index (χ4v) is 6.93. The van der Waals surface area contributed by atoms with Gasteiger partial charge in [0.05, 0.1) is 28.1 Å². The molecule has 1 N–H and O–H groups in total. The fraction of sp³-hybridized carbons (Fsp3) is 0.120. The van der Waals surface area contributed by atoms with E-state index in [1.165, 1.54) is 5.56 Å². The lowest BCUT2D eigenvalue weighted by Gasteiger charge is -2.29. The molecular formula is C50H50N6. The average Bonchev–Trinajstić information content (AvgIpc) is 3.85. The first-order chi connectivity index (χ1) is 27.6. The van der Waals surface area contributed by atoms with Crippen molar-refractivity contribution in [2.75, 3.05) is 17.3 Å². The van der Waals surface area contributed by atoms with Gasteiger partial charge in [0, 0.05) is 36.2 Å². The summed E-state index contributed by atoms with van der Waals surface area (Å²) < 4.78 is 2.28. The van der Waals surface area contributed by atoms with E-state index in [2.05, 4.69) is 191 Å². The van der Waals surface area contributed by atoms with Gasteiger partial charge in [-0.15, -0.1) is 0 Å². The highest BCUT2D eigenvalue weighted by Gasteiger charge is 2.32. The molecule has 0 saturated carbocycles.